The van der Waals surface area contributed by atoms with Crippen LogP contribution in [0.3, 0.4) is 0 Å². The van der Waals surface area contributed by atoms with Crippen LogP contribution in [0, 0.1) is 6.92 Å². The molecule has 1 unspecified atom stereocenters. The van der Waals surface area contributed by atoms with E-state index in [1.165, 1.54) is 50.1 Å². The SMILES string of the molecule is C=CC1=C(C)c2ccc(-c3cccc(C(=C)C)c3)cc2C1(C)c1ccccc1C. The van der Waals surface area contributed by atoms with Gasteiger partial charge in [0.25, 0.3) is 0 Å². The van der Waals surface area contributed by atoms with Crippen LogP contribution >= 0.6 is 0 Å². The fraction of sp³-hybridized carbons (Fsp3) is 0.172. The van der Waals surface area contributed by atoms with E-state index in [1.807, 2.05) is 6.08 Å². The fourth-order valence-electron chi connectivity index (χ4n) is 4.88. The molecule has 144 valence electrons. The smallest absolute Gasteiger partial charge is 0.0434 e. The first-order valence-electron chi connectivity index (χ1n) is 10.2. The third-order valence-electron chi connectivity index (χ3n) is 6.48. The molecule has 1 atom stereocenters. The quantitative estimate of drug-likeness (QED) is 0.433. The molecule has 0 amide bonds. The standard InChI is InChI=1S/C29H28/c1-7-26-21(5)25-16-15-24(23-13-10-12-22(17-23)19(2)3)18-28(25)29(26,6)27-14-9-8-11-20(27)4/h7-18H,1-2H2,3-6H3. The molecular formula is C29H28. The lowest BCUT2D eigenvalue weighted by molar-refractivity contribution is 0.701. The van der Waals surface area contributed by atoms with Gasteiger partial charge in [0.15, 0.2) is 0 Å². The van der Waals surface area contributed by atoms with Gasteiger partial charge in [-0.15, -0.1) is 0 Å². The van der Waals surface area contributed by atoms with Gasteiger partial charge in [0.05, 0.1) is 0 Å². The number of aryl methyl sites for hydroxylation is 1. The van der Waals surface area contributed by atoms with Crippen LogP contribution in [-0.2, 0) is 5.41 Å². The predicted octanol–water partition coefficient (Wildman–Crippen LogP) is 7.97. The summed E-state index contributed by atoms with van der Waals surface area (Å²) in [6.07, 6.45) is 2.04. The molecule has 0 bridgehead atoms. The molecule has 4 rings (SSSR count). The maximum atomic E-state index is 4.17. The van der Waals surface area contributed by atoms with Crippen molar-refractivity contribution in [2.75, 3.05) is 0 Å². The summed E-state index contributed by atoms with van der Waals surface area (Å²) in [7, 11) is 0. The minimum Gasteiger partial charge on any atom is -0.0987 e. The summed E-state index contributed by atoms with van der Waals surface area (Å²) in [6, 6.07) is 24.3. The maximum Gasteiger partial charge on any atom is 0.0434 e. The largest absolute Gasteiger partial charge is 0.0987 e. The van der Waals surface area contributed by atoms with E-state index in [2.05, 4.69) is 108 Å². The predicted molar refractivity (Wildman–Crippen MR) is 127 cm³/mol. The van der Waals surface area contributed by atoms with Crippen LogP contribution in [-0.4, -0.2) is 0 Å². The highest BCUT2D eigenvalue weighted by molar-refractivity contribution is 5.86. The monoisotopic (exact) mass is 376 g/mol. The van der Waals surface area contributed by atoms with Gasteiger partial charge in [0.2, 0.25) is 0 Å². The molecule has 1 aliphatic carbocycles. The summed E-state index contributed by atoms with van der Waals surface area (Å²) >= 11 is 0. The van der Waals surface area contributed by atoms with E-state index < -0.39 is 0 Å². The molecule has 0 aromatic heterocycles. The zero-order chi connectivity index (χ0) is 20.8. The molecule has 0 radical (unpaired) electrons. The summed E-state index contributed by atoms with van der Waals surface area (Å²) < 4.78 is 0. The Morgan fingerprint density at radius 3 is 2.28 bits per heavy atom. The third kappa shape index (κ3) is 2.91. The van der Waals surface area contributed by atoms with E-state index in [1.54, 1.807) is 0 Å². The normalized spacial score (nSPS) is 17.9. The van der Waals surface area contributed by atoms with Crippen molar-refractivity contribution in [1.29, 1.82) is 0 Å². The minimum absolute atomic E-state index is 0.200. The number of fused-ring (bicyclic) bond motifs is 1. The van der Waals surface area contributed by atoms with Gasteiger partial charge in [-0.05, 0) is 89.9 Å². The number of hydrogen-bond donors (Lipinski definition) is 0. The molecule has 1 aliphatic rings. The van der Waals surface area contributed by atoms with Crippen LogP contribution in [0.15, 0.2) is 91.5 Å². The van der Waals surface area contributed by atoms with Crippen molar-refractivity contribution in [3.05, 3.63) is 119 Å². The molecule has 0 N–H and O–H groups in total. The molecule has 3 aromatic rings. The Morgan fingerprint density at radius 2 is 1.59 bits per heavy atom. The van der Waals surface area contributed by atoms with Crippen molar-refractivity contribution in [2.45, 2.75) is 33.1 Å². The first-order chi connectivity index (χ1) is 13.9. The third-order valence-corrected chi connectivity index (χ3v) is 6.48. The van der Waals surface area contributed by atoms with Crippen molar-refractivity contribution in [2.24, 2.45) is 0 Å². The molecule has 0 aliphatic heterocycles. The van der Waals surface area contributed by atoms with Crippen molar-refractivity contribution < 1.29 is 0 Å². The van der Waals surface area contributed by atoms with E-state index in [-0.39, 0.29) is 5.41 Å². The summed E-state index contributed by atoms with van der Waals surface area (Å²) in [5, 5.41) is 0. The van der Waals surface area contributed by atoms with Gasteiger partial charge >= 0.3 is 0 Å². The average Bonchev–Trinajstić information content (AvgIpc) is 2.95. The van der Waals surface area contributed by atoms with E-state index in [0.717, 1.165) is 5.57 Å². The highest BCUT2D eigenvalue weighted by Gasteiger charge is 2.41. The maximum absolute atomic E-state index is 4.17. The summed E-state index contributed by atoms with van der Waals surface area (Å²) in [6.45, 7) is 17.1. The van der Waals surface area contributed by atoms with Crippen LogP contribution in [0.25, 0.3) is 22.3 Å². The van der Waals surface area contributed by atoms with Gasteiger partial charge in [0.1, 0.15) is 0 Å². The Morgan fingerprint density at radius 1 is 0.862 bits per heavy atom. The zero-order valence-corrected chi connectivity index (χ0v) is 17.8. The lowest BCUT2D eigenvalue weighted by Crippen LogP contribution is -2.24. The Bertz CT molecular complexity index is 1170. The van der Waals surface area contributed by atoms with Crippen molar-refractivity contribution in [1.82, 2.24) is 0 Å². The summed E-state index contributed by atoms with van der Waals surface area (Å²) in [4.78, 5) is 0. The van der Waals surface area contributed by atoms with E-state index in [0.29, 0.717) is 0 Å². The van der Waals surface area contributed by atoms with Crippen LogP contribution in [0.4, 0.5) is 0 Å². The van der Waals surface area contributed by atoms with Gasteiger partial charge in [-0.2, -0.15) is 0 Å². The number of benzene rings is 3. The lowest BCUT2D eigenvalue weighted by atomic mass is 9.71. The van der Waals surface area contributed by atoms with Gasteiger partial charge in [0, 0.05) is 5.41 Å². The Kier molecular flexibility index (Phi) is 4.67. The molecule has 0 heterocycles. The second-order valence-corrected chi connectivity index (χ2v) is 8.30. The minimum atomic E-state index is -0.200. The van der Waals surface area contributed by atoms with E-state index in [9.17, 15) is 0 Å². The Balaban J connectivity index is 1.95. The molecule has 0 fully saturated rings. The highest BCUT2D eigenvalue weighted by Crippen LogP contribution is 2.52. The second-order valence-electron chi connectivity index (χ2n) is 8.30. The van der Waals surface area contributed by atoms with E-state index >= 15 is 0 Å². The first-order valence-corrected chi connectivity index (χ1v) is 10.2. The van der Waals surface area contributed by atoms with Gasteiger partial charge in [-0.3, -0.25) is 0 Å². The number of allylic oxidation sites excluding steroid dienone is 4. The fourth-order valence-corrected chi connectivity index (χ4v) is 4.88. The summed E-state index contributed by atoms with van der Waals surface area (Å²) in [5.74, 6) is 0. The molecule has 0 nitrogen and oxygen atoms in total. The average molecular weight is 377 g/mol. The topological polar surface area (TPSA) is 0 Å². The van der Waals surface area contributed by atoms with Gasteiger partial charge < -0.3 is 0 Å². The zero-order valence-electron chi connectivity index (χ0n) is 17.8. The molecule has 0 saturated carbocycles. The van der Waals surface area contributed by atoms with Gasteiger partial charge in [-0.1, -0.05) is 79.4 Å². The molecule has 0 saturated heterocycles. The van der Waals surface area contributed by atoms with Crippen LogP contribution in [0.2, 0.25) is 0 Å². The second kappa shape index (κ2) is 7.04. The Hall–Kier alpha value is -3.12. The van der Waals surface area contributed by atoms with E-state index in [4.69, 9.17) is 0 Å². The van der Waals surface area contributed by atoms with Crippen LogP contribution < -0.4 is 0 Å². The first kappa shape index (κ1) is 19.2. The van der Waals surface area contributed by atoms with Crippen LogP contribution in [0.1, 0.15) is 48.6 Å². The molecule has 29 heavy (non-hydrogen) atoms. The van der Waals surface area contributed by atoms with Crippen LogP contribution in [0.5, 0.6) is 0 Å². The molecule has 0 spiro atoms. The van der Waals surface area contributed by atoms with Crippen molar-refractivity contribution in [3.8, 4) is 11.1 Å². The van der Waals surface area contributed by atoms with Crippen molar-refractivity contribution in [3.63, 3.8) is 0 Å². The number of hydrogen-bond acceptors (Lipinski definition) is 0. The Labute approximate surface area is 174 Å². The highest BCUT2D eigenvalue weighted by atomic mass is 14.4. The molecule has 0 heteroatoms. The molecular weight excluding hydrogens is 348 g/mol. The summed E-state index contributed by atoms with van der Waals surface area (Å²) in [5.41, 5.74) is 12.5. The number of rotatable bonds is 4. The van der Waals surface area contributed by atoms with Crippen molar-refractivity contribution >= 4 is 11.1 Å². The molecule has 3 aromatic carbocycles. The lowest BCUT2D eigenvalue weighted by Gasteiger charge is -2.31. The van der Waals surface area contributed by atoms with Gasteiger partial charge in [-0.25, -0.2) is 0 Å².